The number of para-hydroxylation sites is 1. The highest BCUT2D eigenvalue weighted by molar-refractivity contribution is 6.30. The predicted molar refractivity (Wildman–Crippen MR) is 120 cm³/mol. The first-order chi connectivity index (χ1) is 16.3. The lowest BCUT2D eigenvalue weighted by molar-refractivity contribution is -0.274. The van der Waals surface area contributed by atoms with Crippen LogP contribution in [0.25, 0.3) is 27.9 Å². The average molecular weight is 491 g/mol. The Morgan fingerprint density at radius 3 is 2.79 bits per heavy atom. The van der Waals surface area contributed by atoms with Crippen LogP contribution in [0.4, 0.5) is 19.1 Å². The van der Waals surface area contributed by atoms with Gasteiger partial charge >= 0.3 is 6.36 Å². The van der Waals surface area contributed by atoms with Crippen molar-refractivity contribution in [2.45, 2.75) is 31.7 Å². The summed E-state index contributed by atoms with van der Waals surface area (Å²) in [5.74, 6) is -0.428. The standard InChI is InChI=1S/C22H18ClF3N6O2/c23-12-8-9-17(34-22(24,25)26)14(11-12)18-30-19-13-5-1-2-6-15(13)28-21(32(19)31-18)29-16-7-3-4-10-27-20(16)33/h1-2,5-6,8-9,11,16H,3-4,7,10H2,(H,27,33)(H,28,29)/t16-/m1/s1. The van der Waals surface area contributed by atoms with Crippen molar-refractivity contribution in [3.8, 4) is 17.1 Å². The van der Waals surface area contributed by atoms with Gasteiger partial charge in [-0.3, -0.25) is 4.79 Å². The molecule has 8 nitrogen and oxygen atoms in total. The molecule has 5 rings (SSSR count). The maximum absolute atomic E-state index is 13.0. The van der Waals surface area contributed by atoms with Gasteiger partial charge in [0.05, 0.1) is 11.1 Å². The van der Waals surface area contributed by atoms with E-state index < -0.39 is 18.2 Å². The van der Waals surface area contributed by atoms with E-state index in [1.165, 1.54) is 16.6 Å². The molecule has 1 saturated heterocycles. The third-order valence-electron chi connectivity index (χ3n) is 5.43. The summed E-state index contributed by atoms with van der Waals surface area (Å²) >= 11 is 6.06. The van der Waals surface area contributed by atoms with Crippen molar-refractivity contribution in [3.63, 3.8) is 0 Å². The molecule has 1 aliphatic rings. The number of nitrogens with one attached hydrogen (secondary N) is 2. The van der Waals surface area contributed by atoms with Crippen molar-refractivity contribution >= 4 is 40.0 Å². The van der Waals surface area contributed by atoms with Crippen LogP contribution < -0.4 is 15.4 Å². The number of amides is 1. The van der Waals surface area contributed by atoms with Crippen molar-refractivity contribution in [1.29, 1.82) is 0 Å². The van der Waals surface area contributed by atoms with Crippen molar-refractivity contribution in [2.24, 2.45) is 0 Å². The fraction of sp³-hybridized carbons (Fsp3) is 0.273. The summed E-state index contributed by atoms with van der Waals surface area (Å²) in [5.41, 5.74) is 0.911. The first-order valence-corrected chi connectivity index (χ1v) is 10.9. The third kappa shape index (κ3) is 4.43. The van der Waals surface area contributed by atoms with E-state index in [0.717, 1.165) is 18.9 Å². The van der Waals surface area contributed by atoms with E-state index in [9.17, 15) is 18.0 Å². The molecule has 1 fully saturated rings. The number of hydrogen-bond donors (Lipinski definition) is 2. The van der Waals surface area contributed by atoms with E-state index in [0.29, 0.717) is 29.5 Å². The average Bonchev–Trinajstić information content (AvgIpc) is 3.14. The van der Waals surface area contributed by atoms with E-state index in [-0.39, 0.29) is 28.3 Å². The van der Waals surface area contributed by atoms with Crippen molar-refractivity contribution in [1.82, 2.24) is 24.9 Å². The van der Waals surface area contributed by atoms with Gasteiger partial charge in [-0.15, -0.1) is 18.3 Å². The molecule has 1 amide bonds. The second-order valence-corrected chi connectivity index (χ2v) is 8.23. The summed E-state index contributed by atoms with van der Waals surface area (Å²) in [6, 6.07) is 10.3. The molecule has 0 radical (unpaired) electrons. The van der Waals surface area contributed by atoms with Crippen LogP contribution in [0, 0.1) is 0 Å². The Kier molecular flexibility index (Phi) is 5.64. The summed E-state index contributed by atoms with van der Waals surface area (Å²) in [6.07, 6.45) is -2.60. The molecule has 2 aromatic carbocycles. The molecule has 0 bridgehead atoms. The SMILES string of the molecule is O=C1NCCCC[C@H]1Nc1nc2ccccc2c2nc(-c3cc(Cl)ccc3OC(F)(F)F)nn12. The smallest absolute Gasteiger partial charge is 0.405 e. The van der Waals surface area contributed by atoms with E-state index in [1.807, 2.05) is 0 Å². The van der Waals surface area contributed by atoms with Crippen LogP contribution in [0.3, 0.4) is 0 Å². The summed E-state index contributed by atoms with van der Waals surface area (Å²) in [6.45, 7) is 0.599. The largest absolute Gasteiger partial charge is 0.573 e. The number of halogens is 4. The highest BCUT2D eigenvalue weighted by Crippen LogP contribution is 2.35. The third-order valence-corrected chi connectivity index (χ3v) is 5.66. The van der Waals surface area contributed by atoms with E-state index >= 15 is 0 Å². The monoisotopic (exact) mass is 490 g/mol. The van der Waals surface area contributed by atoms with E-state index in [2.05, 4.69) is 30.4 Å². The lowest BCUT2D eigenvalue weighted by Gasteiger charge is -2.16. The second kappa shape index (κ2) is 8.64. The summed E-state index contributed by atoms with van der Waals surface area (Å²) in [7, 11) is 0. The van der Waals surface area contributed by atoms with Gasteiger partial charge in [0.1, 0.15) is 11.8 Å². The Balaban J connectivity index is 1.67. The van der Waals surface area contributed by atoms with Gasteiger partial charge in [-0.2, -0.15) is 4.52 Å². The molecule has 12 heteroatoms. The highest BCUT2D eigenvalue weighted by Gasteiger charge is 2.33. The molecule has 1 aliphatic heterocycles. The second-order valence-electron chi connectivity index (χ2n) is 7.80. The van der Waals surface area contributed by atoms with Crippen molar-refractivity contribution in [2.75, 3.05) is 11.9 Å². The number of hydrogen-bond acceptors (Lipinski definition) is 6. The van der Waals surface area contributed by atoms with E-state index in [1.54, 1.807) is 24.3 Å². The zero-order valence-electron chi connectivity index (χ0n) is 17.6. The van der Waals surface area contributed by atoms with Crippen molar-refractivity contribution < 1.29 is 22.7 Å². The van der Waals surface area contributed by atoms with Crippen LogP contribution in [0.2, 0.25) is 5.02 Å². The lowest BCUT2D eigenvalue weighted by Crippen LogP contribution is -2.38. The number of ether oxygens (including phenoxy) is 1. The molecule has 0 saturated carbocycles. The molecule has 0 aliphatic carbocycles. The Hall–Kier alpha value is -3.60. The van der Waals surface area contributed by atoms with Gasteiger partial charge in [-0.25, -0.2) is 9.97 Å². The minimum atomic E-state index is -4.91. The van der Waals surface area contributed by atoms with Crippen LogP contribution in [0.15, 0.2) is 42.5 Å². The minimum Gasteiger partial charge on any atom is -0.405 e. The number of aromatic nitrogens is 4. The minimum absolute atomic E-state index is 0.0317. The number of carbonyl (C=O) groups excluding carboxylic acids is 1. The van der Waals surface area contributed by atoms with Crippen molar-refractivity contribution in [3.05, 3.63) is 47.5 Å². The van der Waals surface area contributed by atoms with Crippen LogP contribution >= 0.6 is 11.6 Å². The summed E-state index contributed by atoms with van der Waals surface area (Å²) < 4.78 is 44.5. The number of carbonyl (C=O) groups is 1. The van der Waals surface area contributed by atoms with Gasteiger partial charge < -0.3 is 15.4 Å². The Morgan fingerprint density at radius 2 is 1.97 bits per heavy atom. The molecule has 2 N–H and O–H groups in total. The number of alkyl halides is 3. The molecule has 2 aromatic heterocycles. The van der Waals surface area contributed by atoms with Crippen LogP contribution in [-0.2, 0) is 4.79 Å². The number of anilines is 1. The number of fused-ring (bicyclic) bond motifs is 3. The van der Waals surface area contributed by atoms with Gasteiger partial charge in [0.25, 0.3) is 0 Å². The number of rotatable bonds is 4. The normalized spacial score (nSPS) is 16.9. The molecule has 176 valence electrons. The molecule has 1 atom stereocenters. The van der Waals surface area contributed by atoms with Gasteiger partial charge in [0.15, 0.2) is 11.5 Å². The quantitative estimate of drug-likeness (QED) is 0.435. The Labute approximate surface area is 196 Å². The van der Waals surface area contributed by atoms with Gasteiger partial charge in [-0.1, -0.05) is 23.7 Å². The maximum Gasteiger partial charge on any atom is 0.573 e. The molecular weight excluding hydrogens is 473 g/mol. The zero-order valence-corrected chi connectivity index (χ0v) is 18.3. The van der Waals surface area contributed by atoms with Gasteiger partial charge in [0.2, 0.25) is 11.9 Å². The maximum atomic E-state index is 13.0. The topological polar surface area (TPSA) is 93.4 Å². The van der Waals surface area contributed by atoms with Crippen LogP contribution in [0.1, 0.15) is 19.3 Å². The van der Waals surface area contributed by atoms with Gasteiger partial charge in [-0.05, 0) is 49.6 Å². The Bertz CT molecular complexity index is 1390. The lowest BCUT2D eigenvalue weighted by atomic mass is 10.1. The molecule has 0 spiro atoms. The molecule has 4 aromatic rings. The van der Waals surface area contributed by atoms with Crippen LogP contribution in [0.5, 0.6) is 5.75 Å². The zero-order chi connectivity index (χ0) is 23.9. The summed E-state index contributed by atoms with van der Waals surface area (Å²) in [4.78, 5) is 21.6. The van der Waals surface area contributed by atoms with Gasteiger partial charge in [0, 0.05) is 17.0 Å². The fourth-order valence-electron chi connectivity index (χ4n) is 3.89. The number of nitrogens with zero attached hydrogens (tertiary/aromatic N) is 4. The fourth-order valence-corrected chi connectivity index (χ4v) is 4.06. The first-order valence-electron chi connectivity index (χ1n) is 10.5. The first kappa shape index (κ1) is 22.2. The molecule has 3 heterocycles. The highest BCUT2D eigenvalue weighted by atomic mass is 35.5. The summed E-state index contributed by atoms with van der Waals surface area (Å²) in [5, 5.41) is 11.2. The van der Waals surface area contributed by atoms with E-state index in [4.69, 9.17) is 11.6 Å². The Morgan fingerprint density at radius 1 is 1.15 bits per heavy atom. The van der Waals surface area contributed by atoms with Crippen LogP contribution in [-0.4, -0.2) is 44.4 Å². The molecule has 0 unspecified atom stereocenters. The molecular formula is C22H18ClF3N6O2. The predicted octanol–water partition coefficient (Wildman–Crippen LogP) is 4.58. The molecule has 34 heavy (non-hydrogen) atoms. The number of benzene rings is 2.